The fraction of sp³-hybridized carbons (Fsp3) is 0.263. The Morgan fingerprint density at radius 3 is 2.54 bits per heavy atom. The summed E-state index contributed by atoms with van der Waals surface area (Å²) in [6.45, 7) is 5.33. The third-order valence-electron chi connectivity index (χ3n) is 4.66. The quantitative estimate of drug-likeness (QED) is 0.612. The molecule has 4 rings (SSSR count). The average molecular weight is 349 g/mol. The number of hydrogen-bond acceptors (Lipinski definition) is 5. The summed E-state index contributed by atoms with van der Waals surface area (Å²) in [5, 5.41) is 22.6. The SMILES string of the molecule is Cc1nn2c(nnc3c(=O)n(C(C)(C)CO)ccc32)c1-c1ccccc1. The van der Waals surface area contributed by atoms with E-state index in [1.54, 1.807) is 30.6 Å². The van der Waals surface area contributed by atoms with E-state index in [2.05, 4.69) is 15.3 Å². The summed E-state index contributed by atoms with van der Waals surface area (Å²) >= 11 is 0. The number of benzene rings is 1. The first-order valence-electron chi connectivity index (χ1n) is 8.38. The van der Waals surface area contributed by atoms with Crippen LogP contribution in [-0.2, 0) is 5.54 Å². The van der Waals surface area contributed by atoms with Crippen molar-refractivity contribution in [3.8, 4) is 11.1 Å². The van der Waals surface area contributed by atoms with Crippen LogP contribution < -0.4 is 5.56 Å². The van der Waals surface area contributed by atoms with Crippen molar-refractivity contribution in [1.82, 2.24) is 24.4 Å². The molecule has 0 aliphatic rings. The number of aliphatic hydroxyl groups is 1. The van der Waals surface area contributed by atoms with Crippen molar-refractivity contribution in [1.29, 1.82) is 0 Å². The highest BCUT2D eigenvalue weighted by Crippen LogP contribution is 2.27. The molecule has 0 amide bonds. The van der Waals surface area contributed by atoms with Crippen molar-refractivity contribution < 1.29 is 5.11 Å². The van der Waals surface area contributed by atoms with Crippen molar-refractivity contribution in [2.75, 3.05) is 6.61 Å². The predicted molar refractivity (Wildman–Crippen MR) is 99.1 cm³/mol. The molecule has 7 nitrogen and oxygen atoms in total. The van der Waals surface area contributed by atoms with Gasteiger partial charge in [-0.2, -0.15) is 5.10 Å². The van der Waals surface area contributed by atoms with Gasteiger partial charge in [0.1, 0.15) is 5.52 Å². The van der Waals surface area contributed by atoms with Gasteiger partial charge in [0, 0.05) is 6.20 Å². The zero-order valence-corrected chi connectivity index (χ0v) is 14.8. The highest BCUT2D eigenvalue weighted by atomic mass is 16.3. The molecule has 132 valence electrons. The molecule has 0 aliphatic carbocycles. The van der Waals surface area contributed by atoms with Gasteiger partial charge in [-0.25, -0.2) is 4.52 Å². The second kappa shape index (κ2) is 5.74. The van der Waals surface area contributed by atoms with Crippen molar-refractivity contribution >= 4 is 16.7 Å². The fourth-order valence-electron chi connectivity index (χ4n) is 3.15. The van der Waals surface area contributed by atoms with E-state index in [0.29, 0.717) is 11.2 Å². The zero-order chi connectivity index (χ0) is 18.5. The second-order valence-electron chi connectivity index (χ2n) is 6.96. The third kappa shape index (κ3) is 2.32. The molecule has 1 aromatic carbocycles. The molecule has 1 N–H and O–H groups in total. The molecule has 7 heteroatoms. The summed E-state index contributed by atoms with van der Waals surface area (Å²) in [4.78, 5) is 12.8. The molecular weight excluding hydrogens is 330 g/mol. The predicted octanol–water partition coefficient (Wildman–Crippen LogP) is 2.14. The van der Waals surface area contributed by atoms with Gasteiger partial charge in [0.15, 0.2) is 11.2 Å². The highest BCUT2D eigenvalue weighted by molar-refractivity contribution is 5.84. The van der Waals surface area contributed by atoms with Crippen LogP contribution in [0, 0.1) is 6.92 Å². The number of aryl methyl sites for hydroxylation is 1. The molecule has 3 heterocycles. The minimum Gasteiger partial charge on any atom is -0.394 e. The largest absolute Gasteiger partial charge is 0.394 e. The first-order chi connectivity index (χ1) is 12.4. The molecule has 3 aromatic heterocycles. The maximum absolute atomic E-state index is 12.8. The standard InChI is InChI=1S/C19H19N5O2/c1-12-15(13-7-5-4-6-8-13)17-21-20-16-14(24(17)22-12)9-10-23(18(16)26)19(2,3)11-25/h4-10,25H,11H2,1-3H3. The van der Waals surface area contributed by atoms with Crippen LogP contribution in [0.2, 0.25) is 0 Å². The van der Waals surface area contributed by atoms with Gasteiger partial charge in [-0.15, -0.1) is 10.2 Å². The van der Waals surface area contributed by atoms with Crippen LogP contribution in [0.3, 0.4) is 0 Å². The van der Waals surface area contributed by atoms with Crippen LogP contribution in [-0.4, -0.2) is 36.1 Å². The molecule has 0 spiro atoms. The van der Waals surface area contributed by atoms with Gasteiger partial charge < -0.3 is 9.67 Å². The summed E-state index contributed by atoms with van der Waals surface area (Å²) in [5.74, 6) is 0. The number of hydrogen-bond donors (Lipinski definition) is 1. The minimum absolute atomic E-state index is 0.160. The molecule has 0 aliphatic heterocycles. The van der Waals surface area contributed by atoms with Crippen LogP contribution in [0.1, 0.15) is 19.5 Å². The smallest absolute Gasteiger partial charge is 0.281 e. The van der Waals surface area contributed by atoms with E-state index in [1.807, 2.05) is 37.3 Å². The lowest BCUT2D eigenvalue weighted by atomic mass is 10.1. The molecule has 4 aromatic rings. The van der Waals surface area contributed by atoms with Crippen LogP contribution in [0.4, 0.5) is 0 Å². The normalized spacial score (nSPS) is 12.2. The minimum atomic E-state index is -0.725. The van der Waals surface area contributed by atoms with E-state index < -0.39 is 5.54 Å². The van der Waals surface area contributed by atoms with Gasteiger partial charge in [0.2, 0.25) is 0 Å². The Bertz CT molecular complexity index is 1180. The maximum Gasteiger partial charge on any atom is 0.281 e. The van der Waals surface area contributed by atoms with E-state index in [4.69, 9.17) is 0 Å². The topological polar surface area (TPSA) is 85.3 Å². The third-order valence-corrected chi connectivity index (χ3v) is 4.66. The van der Waals surface area contributed by atoms with Crippen LogP contribution in [0.15, 0.2) is 47.4 Å². The summed E-state index contributed by atoms with van der Waals surface area (Å²) in [5.41, 5.74) is 3.13. The Kier molecular flexibility index (Phi) is 3.62. The second-order valence-corrected chi connectivity index (χ2v) is 6.96. The zero-order valence-electron chi connectivity index (χ0n) is 14.8. The fourth-order valence-corrected chi connectivity index (χ4v) is 3.15. The van der Waals surface area contributed by atoms with E-state index >= 15 is 0 Å². The van der Waals surface area contributed by atoms with Crippen molar-refractivity contribution in [2.45, 2.75) is 26.3 Å². The number of fused-ring (bicyclic) bond motifs is 3. The van der Waals surface area contributed by atoms with Gasteiger partial charge in [0.05, 0.1) is 23.4 Å². The number of aromatic nitrogens is 5. The number of aliphatic hydroxyl groups excluding tert-OH is 1. The van der Waals surface area contributed by atoms with Crippen molar-refractivity contribution in [3.05, 3.63) is 58.6 Å². The van der Waals surface area contributed by atoms with Gasteiger partial charge in [-0.05, 0) is 32.4 Å². The summed E-state index contributed by atoms with van der Waals surface area (Å²) in [6.07, 6.45) is 1.67. The van der Waals surface area contributed by atoms with Crippen molar-refractivity contribution in [3.63, 3.8) is 0 Å². The van der Waals surface area contributed by atoms with Crippen LogP contribution in [0.5, 0.6) is 0 Å². The molecule has 0 radical (unpaired) electrons. The Morgan fingerprint density at radius 2 is 1.85 bits per heavy atom. The van der Waals surface area contributed by atoms with E-state index in [9.17, 15) is 9.90 Å². The lowest BCUT2D eigenvalue weighted by Gasteiger charge is -2.24. The van der Waals surface area contributed by atoms with Gasteiger partial charge in [-0.1, -0.05) is 30.3 Å². The Hall–Kier alpha value is -3.06. The van der Waals surface area contributed by atoms with Gasteiger partial charge in [-0.3, -0.25) is 4.79 Å². The van der Waals surface area contributed by atoms with E-state index in [0.717, 1.165) is 16.8 Å². The summed E-state index contributed by atoms with van der Waals surface area (Å²) in [6, 6.07) is 11.7. The molecule has 0 unspecified atom stereocenters. The average Bonchev–Trinajstić information content (AvgIpc) is 2.98. The molecule has 0 fully saturated rings. The Morgan fingerprint density at radius 1 is 1.12 bits per heavy atom. The van der Waals surface area contributed by atoms with Crippen LogP contribution >= 0.6 is 0 Å². The molecule has 26 heavy (non-hydrogen) atoms. The number of nitrogens with zero attached hydrogens (tertiary/aromatic N) is 5. The molecule has 0 saturated heterocycles. The highest BCUT2D eigenvalue weighted by Gasteiger charge is 2.23. The molecular formula is C19H19N5O2. The lowest BCUT2D eigenvalue weighted by Crippen LogP contribution is -2.39. The van der Waals surface area contributed by atoms with Gasteiger partial charge in [0.25, 0.3) is 5.56 Å². The summed E-state index contributed by atoms with van der Waals surface area (Å²) < 4.78 is 3.14. The monoisotopic (exact) mass is 349 g/mol. The molecule has 0 saturated carbocycles. The van der Waals surface area contributed by atoms with Gasteiger partial charge >= 0.3 is 0 Å². The summed E-state index contributed by atoms with van der Waals surface area (Å²) in [7, 11) is 0. The lowest BCUT2D eigenvalue weighted by molar-refractivity contribution is 0.161. The Labute approximate surface area is 149 Å². The molecule has 0 bridgehead atoms. The number of rotatable bonds is 3. The first kappa shape index (κ1) is 16.4. The van der Waals surface area contributed by atoms with Crippen molar-refractivity contribution in [2.24, 2.45) is 0 Å². The first-order valence-corrected chi connectivity index (χ1v) is 8.38. The molecule has 0 atom stereocenters. The van der Waals surface area contributed by atoms with E-state index in [1.165, 1.54) is 4.57 Å². The van der Waals surface area contributed by atoms with E-state index in [-0.39, 0.29) is 17.7 Å². The van der Waals surface area contributed by atoms with Crippen LogP contribution in [0.25, 0.3) is 27.8 Å². The maximum atomic E-state index is 12.8. The Balaban J connectivity index is 2.04. The number of pyridine rings is 1.